The van der Waals surface area contributed by atoms with Crippen LogP contribution in [-0.4, -0.2) is 67.1 Å². The molecule has 55 heavy (non-hydrogen) atoms. The van der Waals surface area contributed by atoms with Crippen molar-refractivity contribution in [1.29, 1.82) is 0 Å². The van der Waals surface area contributed by atoms with Crippen molar-refractivity contribution in [2.75, 3.05) is 18.9 Å². The number of hydrogen-bond donors (Lipinski definition) is 3. The first-order chi connectivity index (χ1) is 26.3. The van der Waals surface area contributed by atoms with Gasteiger partial charge in [-0.05, 0) is 68.9 Å². The lowest BCUT2D eigenvalue weighted by Crippen LogP contribution is -2.47. The van der Waals surface area contributed by atoms with E-state index in [0.29, 0.717) is 36.4 Å². The molecule has 4 aromatic rings. The highest BCUT2D eigenvalue weighted by atomic mass is 16.7. The van der Waals surface area contributed by atoms with E-state index in [1.807, 2.05) is 46.8 Å². The van der Waals surface area contributed by atoms with Crippen molar-refractivity contribution in [3.8, 4) is 5.75 Å². The molecule has 3 amide bonds. The summed E-state index contributed by atoms with van der Waals surface area (Å²) in [4.78, 5) is 60.4. The first-order valence-electron chi connectivity index (χ1n) is 19.6. The van der Waals surface area contributed by atoms with E-state index in [0.717, 1.165) is 77.4 Å². The number of aromatic hydroxyl groups is 1. The summed E-state index contributed by atoms with van der Waals surface area (Å²) in [5, 5.41) is 14.2. The summed E-state index contributed by atoms with van der Waals surface area (Å²) in [6.45, 7) is 17.7. The van der Waals surface area contributed by atoms with Gasteiger partial charge in [0.15, 0.2) is 5.82 Å². The molecule has 2 aromatic heterocycles. The zero-order chi connectivity index (χ0) is 40.7. The van der Waals surface area contributed by atoms with Gasteiger partial charge in [0.25, 0.3) is 11.8 Å². The van der Waals surface area contributed by atoms with Crippen molar-refractivity contribution >= 4 is 51.4 Å². The molecule has 1 saturated heterocycles. The molecule has 0 spiro atoms. The first-order valence-corrected chi connectivity index (χ1v) is 19.6. The topological polar surface area (TPSA) is 179 Å². The highest BCUT2D eigenvalue weighted by Crippen LogP contribution is 2.31. The van der Waals surface area contributed by atoms with E-state index < -0.39 is 23.3 Å². The highest BCUT2D eigenvalue weighted by molar-refractivity contribution is 6.07. The van der Waals surface area contributed by atoms with Crippen LogP contribution in [0.2, 0.25) is 0 Å². The normalized spacial score (nSPS) is 12.7. The van der Waals surface area contributed by atoms with Crippen molar-refractivity contribution in [3.63, 3.8) is 0 Å². The minimum Gasteiger partial charge on any atom is -0.508 e. The average molecular weight is 761 g/mol. The number of hydrogen-bond acceptors (Lipinski definition) is 10. The second kappa shape index (κ2) is 21.2. The van der Waals surface area contributed by atoms with Crippen molar-refractivity contribution in [1.82, 2.24) is 24.9 Å². The van der Waals surface area contributed by atoms with E-state index in [1.165, 1.54) is 5.56 Å². The molecule has 0 saturated carbocycles. The maximum atomic E-state index is 11.9. The number of phenolic OH excluding ortho intramolecular Hbond substituents is 1. The molecule has 0 unspecified atom stereocenters. The molecule has 13 nitrogen and oxygen atoms in total. The number of amides is 3. The summed E-state index contributed by atoms with van der Waals surface area (Å²) < 4.78 is 7.77. The van der Waals surface area contributed by atoms with Gasteiger partial charge in [-0.3, -0.25) is 14.4 Å². The first kappa shape index (κ1) is 44.4. The number of rotatable bonds is 16. The molecule has 1 aliphatic heterocycles. The van der Waals surface area contributed by atoms with E-state index in [-0.39, 0.29) is 31.6 Å². The average Bonchev–Trinajstić information content (AvgIpc) is 3.68. The van der Waals surface area contributed by atoms with Gasteiger partial charge in [0, 0.05) is 44.2 Å². The number of anilines is 1. The lowest BCUT2D eigenvalue weighted by molar-refractivity contribution is -0.197. The number of fused-ring (bicyclic) bond motifs is 3. The summed E-state index contributed by atoms with van der Waals surface area (Å²) in [6, 6.07) is 12.2. The van der Waals surface area contributed by atoms with Gasteiger partial charge in [0.05, 0.1) is 29.6 Å². The molecule has 1 aliphatic rings. The Morgan fingerprint density at radius 1 is 0.945 bits per heavy atom. The van der Waals surface area contributed by atoms with Crippen LogP contribution in [0.15, 0.2) is 36.4 Å². The number of carbonyl (C=O) groups is 4. The summed E-state index contributed by atoms with van der Waals surface area (Å²) >= 11 is 0. The standard InChI is InChI=1S/C24H28N4O.C16H26N2O6.C2H6/c1-4-6-7-21-27-22-23(28(21)14-17-9-11-20(29)15(3)12-17)18-10-8-16(5-2)13-19(18)26-24(22)25;1-4-5-10-23-11-16(2,3)17-12(19)6-9-15(22)24-18-13(20)7-8-14(18)21;1-2/h8-13,29H,4-7,14H2,1-3H3,(H2,25,26);4-11H2,1-3H3,(H,17,19);1-2H3. The lowest BCUT2D eigenvalue weighted by Gasteiger charge is -2.26. The molecule has 13 heteroatoms. The molecule has 3 heterocycles. The van der Waals surface area contributed by atoms with Gasteiger partial charge >= 0.3 is 5.97 Å². The quantitative estimate of drug-likeness (QED) is 0.0778. The molecule has 4 N–H and O–H groups in total. The van der Waals surface area contributed by atoms with Gasteiger partial charge in [-0.15, -0.1) is 5.06 Å². The van der Waals surface area contributed by atoms with E-state index in [2.05, 4.69) is 53.8 Å². The number of nitrogen functional groups attached to an aromatic ring is 1. The second-order valence-electron chi connectivity index (χ2n) is 14.1. The summed E-state index contributed by atoms with van der Waals surface area (Å²) in [7, 11) is 0. The van der Waals surface area contributed by atoms with Gasteiger partial charge in [-0.2, -0.15) is 0 Å². The Balaban J connectivity index is 0.000000288. The van der Waals surface area contributed by atoms with Crippen LogP contribution in [0.3, 0.4) is 0 Å². The number of imidazole rings is 1. The predicted octanol–water partition coefficient (Wildman–Crippen LogP) is 7.25. The monoisotopic (exact) mass is 760 g/mol. The molecule has 0 atom stereocenters. The van der Waals surface area contributed by atoms with Gasteiger partial charge in [0.2, 0.25) is 5.91 Å². The van der Waals surface area contributed by atoms with Gasteiger partial charge in [-0.25, -0.2) is 14.8 Å². The number of aryl methyl sites for hydroxylation is 3. The van der Waals surface area contributed by atoms with Crippen LogP contribution in [-0.2, 0) is 48.1 Å². The smallest absolute Gasteiger partial charge is 0.333 e. The molecule has 0 radical (unpaired) electrons. The van der Waals surface area contributed by atoms with Crippen LogP contribution in [0, 0.1) is 6.92 Å². The highest BCUT2D eigenvalue weighted by Gasteiger charge is 2.33. The number of benzene rings is 2. The number of phenols is 1. The predicted molar refractivity (Wildman–Crippen MR) is 215 cm³/mol. The van der Waals surface area contributed by atoms with E-state index in [4.69, 9.17) is 20.3 Å². The van der Waals surface area contributed by atoms with E-state index in [9.17, 15) is 24.3 Å². The van der Waals surface area contributed by atoms with Crippen LogP contribution in [0.5, 0.6) is 5.75 Å². The Morgan fingerprint density at radius 2 is 1.62 bits per heavy atom. The Bertz CT molecular complexity index is 1920. The minimum atomic E-state index is -0.786. The van der Waals surface area contributed by atoms with Crippen LogP contribution in [0.25, 0.3) is 21.9 Å². The third-order valence-corrected chi connectivity index (χ3v) is 8.95. The fraction of sp³-hybridized carbons (Fsp3) is 0.524. The van der Waals surface area contributed by atoms with Crippen molar-refractivity contribution < 1.29 is 33.9 Å². The molecular formula is C42H60N6O7. The fourth-order valence-electron chi connectivity index (χ4n) is 5.99. The maximum absolute atomic E-state index is 11.9. The molecule has 2 aromatic carbocycles. The summed E-state index contributed by atoms with van der Waals surface area (Å²) in [6.07, 6.45) is 5.82. The van der Waals surface area contributed by atoms with Crippen LogP contribution in [0.4, 0.5) is 5.82 Å². The molecular weight excluding hydrogens is 700 g/mol. The Morgan fingerprint density at radius 3 is 2.25 bits per heavy atom. The minimum absolute atomic E-state index is 0.0405. The Hall–Kier alpha value is -5.04. The number of ether oxygens (including phenoxy) is 1. The summed E-state index contributed by atoms with van der Waals surface area (Å²) in [5.74, 6) is -0.346. The van der Waals surface area contributed by atoms with Gasteiger partial charge in [0.1, 0.15) is 17.1 Å². The number of hydroxylamine groups is 2. The van der Waals surface area contributed by atoms with E-state index >= 15 is 0 Å². The number of nitrogens with one attached hydrogen (secondary N) is 1. The zero-order valence-electron chi connectivity index (χ0n) is 33.9. The Labute approximate surface area is 324 Å². The third kappa shape index (κ3) is 12.5. The van der Waals surface area contributed by atoms with E-state index in [1.54, 1.807) is 6.07 Å². The fourth-order valence-corrected chi connectivity index (χ4v) is 5.99. The lowest BCUT2D eigenvalue weighted by atomic mass is 10.1. The van der Waals surface area contributed by atoms with Crippen LogP contribution < -0.4 is 11.1 Å². The van der Waals surface area contributed by atoms with Gasteiger partial charge < -0.3 is 30.3 Å². The van der Waals surface area contributed by atoms with Crippen molar-refractivity contribution in [3.05, 3.63) is 58.9 Å². The molecule has 5 rings (SSSR count). The number of nitrogens with two attached hydrogens (primary N) is 1. The SMILES string of the molecule is CC.CCCCOCC(C)(C)NC(=O)CCC(=O)ON1C(=O)CCC1=O.CCCCc1nc2c(N)nc3cc(CC)ccc3c2n1Cc1ccc(O)c(C)c1. The third-order valence-electron chi connectivity index (χ3n) is 8.95. The number of aromatic nitrogens is 3. The zero-order valence-corrected chi connectivity index (χ0v) is 33.9. The van der Waals surface area contributed by atoms with Crippen LogP contribution in [0.1, 0.15) is 122 Å². The van der Waals surface area contributed by atoms with Crippen LogP contribution >= 0.6 is 0 Å². The summed E-state index contributed by atoms with van der Waals surface area (Å²) in [5.41, 5.74) is 11.8. The number of pyridine rings is 1. The maximum Gasteiger partial charge on any atom is 0.333 e. The van der Waals surface area contributed by atoms with Crippen molar-refractivity contribution in [2.45, 2.75) is 132 Å². The van der Waals surface area contributed by atoms with Gasteiger partial charge in [-0.1, -0.05) is 71.7 Å². The Kier molecular flexibility index (Phi) is 17.1. The number of nitrogens with zero attached hydrogens (tertiary/aromatic N) is 4. The largest absolute Gasteiger partial charge is 0.508 e. The number of carbonyl (C=O) groups excluding carboxylic acids is 4. The number of unbranched alkanes of at least 4 members (excludes halogenated alkanes) is 2. The number of imide groups is 1. The molecule has 0 bridgehead atoms. The second-order valence-corrected chi connectivity index (χ2v) is 14.1. The molecule has 300 valence electrons. The molecule has 1 fully saturated rings. The van der Waals surface area contributed by atoms with Crippen molar-refractivity contribution in [2.24, 2.45) is 0 Å². The molecule has 0 aliphatic carbocycles.